The molecular weight excluding hydrogens is 424 g/mol. The number of carbonyl (C=O) groups is 1. The zero-order chi connectivity index (χ0) is 22.8. The molecule has 2 aliphatic carbocycles. The van der Waals surface area contributed by atoms with Crippen molar-refractivity contribution in [2.45, 2.75) is 44.9 Å². The molecular formula is C25H34N2O6. The second kappa shape index (κ2) is 9.50. The monoisotopic (exact) mass is 458 g/mol. The van der Waals surface area contributed by atoms with E-state index in [9.17, 15) is 15.0 Å². The number of likely N-dealkylation sites (tertiary alicyclic amines) is 1. The number of hydrogen-bond acceptors (Lipinski definition) is 7. The molecule has 2 heterocycles. The average molecular weight is 459 g/mol. The molecule has 180 valence electrons. The molecule has 1 aliphatic heterocycles. The van der Waals surface area contributed by atoms with Gasteiger partial charge in [-0.25, -0.2) is 0 Å². The first kappa shape index (κ1) is 22.5. The van der Waals surface area contributed by atoms with Gasteiger partial charge in [-0.15, -0.1) is 0 Å². The van der Waals surface area contributed by atoms with Gasteiger partial charge >= 0.3 is 5.97 Å². The summed E-state index contributed by atoms with van der Waals surface area (Å²) in [4.78, 5) is 13.7. The van der Waals surface area contributed by atoms with Gasteiger partial charge in [-0.2, -0.15) is 0 Å². The fourth-order valence-corrected chi connectivity index (χ4v) is 5.39. The molecule has 2 aromatic rings. The van der Waals surface area contributed by atoms with Crippen LogP contribution in [0.2, 0.25) is 0 Å². The van der Waals surface area contributed by atoms with E-state index in [1.165, 1.54) is 0 Å². The van der Waals surface area contributed by atoms with Crippen LogP contribution in [0.5, 0.6) is 11.6 Å². The number of nitrogens with zero attached hydrogens (tertiary/aromatic N) is 2. The standard InChI is InChI=1S/C25H34N2O6/c28-15-25(9-2-10-25)16-32-20-3-1-4-21-22(20)23(26-33-21)31-14-17-7-11-27(12-8-17)13-18-5-6-19(18)24(29)30/h1,3-4,17-19,28H,2,5-16H2,(H,29,30). The highest BCUT2D eigenvalue weighted by Gasteiger charge is 2.38. The summed E-state index contributed by atoms with van der Waals surface area (Å²) in [6.45, 7) is 4.06. The first-order chi connectivity index (χ1) is 16.1. The van der Waals surface area contributed by atoms with Crippen LogP contribution < -0.4 is 9.47 Å². The van der Waals surface area contributed by atoms with Gasteiger partial charge in [0, 0.05) is 12.0 Å². The largest absolute Gasteiger partial charge is 0.492 e. The lowest BCUT2D eigenvalue weighted by Crippen LogP contribution is -2.44. The Morgan fingerprint density at radius 2 is 2.00 bits per heavy atom. The Bertz CT molecular complexity index is 957. The van der Waals surface area contributed by atoms with Crippen LogP contribution in [0.4, 0.5) is 0 Å². The highest BCUT2D eigenvalue weighted by molar-refractivity contribution is 5.88. The molecule has 1 aromatic carbocycles. The molecule has 0 radical (unpaired) electrons. The van der Waals surface area contributed by atoms with Gasteiger partial charge in [0.25, 0.3) is 5.88 Å². The normalized spacial score (nSPS) is 25.4. The molecule has 2 N–H and O–H groups in total. The Balaban J connectivity index is 1.14. The number of carboxylic acid groups (broad SMARTS) is 1. The summed E-state index contributed by atoms with van der Waals surface area (Å²) in [7, 11) is 0. The van der Waals surface area contributed by atoms with E-state index in [4.69, 9.17) is 14.0 Å². The van der Waals surface area contributed by atoms with Crippen LogP contribution in [0.1, 0.15) is 44.9 Å². The molecule has 1 saturated heterocycles. The zero-order valence-electron chi connectivity index (χ0n) is 19.1. The lowest BCUT2D eigenvalue weighted by atomic mass is 9.70. The van der Waals surface area contributed by atoms with Crippen LogP contribution in [-0.2, 0) is 4.79 Å². The third-order valence-corrected chi connectivity index (χ3v) is 8.10. The number of aromatic nitrogens is 1. The molecule has 0 bridgehead atoms. The summed E-state index contributed by atoms with van der Waals surface area (Å²) in [5, 5.41) is 23.9. The number of benzene rings is 1. The second-order valence-electron chi connectivity index (χ2n) is 10.3. The minimum absolute atomic E-state index is 0.127. The van der Waals surface area contributed by atoms with Crippen molar-refractivity contribution in [3.8, 4) is 11.6 Å². The van der Waals surface area contributed by atoms with Crippen molar-refractivity contribution in [3.63, 3.8) is 0 Å². The van der Waals surface area contributed by atoms with Crippen molar-refractivity contribution < 1.29 is 29.0 Å². The van der Waals surface area contributed by atoms with Crippen LogP contribution in [0.15, 0.2) is 22.7 Å². The highest BCUT2D eigenvalue weighted by Crippen LogP contribution is 2.42. The number of aliphatic carboxylic acids is 1. The van der Waals surface area contributed by atoms with E-state index in [-0.39, 0.29) is 17.9 Å². The van der Waals surface area contributed by atoms with E-state index in [1.807, 2.05) is 18.2 Å². The zero-order valence-corrected chi connectivity index (χ0v) is 19.1. The van der Waals surface area contributed by atoms with Gasteiger partial charge in [-0.3, -0.25) is 4.79 Å². The molecule has 3 fully saturated rings. The van der Waals surface area contributed by atoms with Crippen LogP contribution in [-0.4, -0.2) is 65.7 Å². The SMILES string of the molecule is O=C(O)C1CCC1CN1CCC(COc2noc3cccc(OCC4(CO)CCC4)c23)CC1. The van der Waals surface area contributed by atoms with E-state index in [0.717, 1.165) is 70.0 Å². The molecule has 0 amide bonds. The van der Waals surface area contributed by atoms with Crippen LogP contribution in [0.25, 0.3) is 11.0 Å². The Hall–Kier alpha value is -2.32. The van der Waals surface area contributed by atoms with Gasteiger partial charge in [-0.1, -0.05) is 12.5 Å². The van der Waals surface area contributed by atoms with E-state index in [1.54, 1.807) is 0 Å². The minimum atomic E-state index is -0.642. The lowest BCUT2D eigenvalue weighted by molar-refractivity contribution is -0.148. The highest BCUT2D eigenvalue weighted by atomic mass is 16.5. The molecule has 3 aliphatic rings. The van der Waals surface area contributed by atoms with E-state index >= 15 is 0 Å². The topological polar surface area (TPSA) is 105 Å². The maximum atomic E-state index is 11.3. The Morgan fingerprint density at radius 3 is 2.64 bits per heavy atom. The van der Waals surface area contributed by atoms with E-state index in [0.29, 0.717) is 42.3 Å². The van der Waals surface area contributed by atoms with Gasteiger partial charge in [0.15, 0.2) is 5.58 Å². The predicted octanol–water partition coefficient (Wildman–Crippen LogP) is 3.57. The molecule has 2 atom stereocenters. The van der Waals surface area contributed by atoms with Gasteiger partial charge in [-0.05, 0) is 80.7 Å². The molecule has 1 aromatic heterocycles. The molecule has 8 heteroatoms. The summed E-state index contributed by atoms with van der Waals surface area (Å²) in [6.07, 6.45) is 7.03. The Morgan fingerprint density at radius 1 is 1.18 bits per heavy atom. The molecule has 33 heavy (non-hydrogen) atoms. The molecule has 5 rings (SSSR count). The predicted molar refractivity (Wildman–Crippen MR) is 121 cm³/mol. The summed E-state index contributed by atoms with van der Waals surface area (Å²) < 4.78 is 17.7. The smallest absolute Gasteiger partial charge is 0.306 e. The van der Waals surface area contributed by atoms with Crippen molar-refractivity contribution >= 4 is 16.9 Å². The minimum Gasteiger partial charge on any atom is -0.492 e. The van der Waals surface area contributed by atoms with Crippen LogP contribution in [0, 0.1) is 23.2 Å². The number of aliphatic hydroxyl groups is 1. The lowest BCUT2D eigenvalue weighted by Gasteiger charge is -2.40. The number of hydrogen-bond donors (Lipinski definition) is 2. The number of ether oxygens (including phenoxy) is 2. The maximum Gasteiger partial charge on any atom is 0.306 e. The number of rotatable bonds is 10. The summed E-state index contributed by atoms with van der Waals surface area (Å²) in [5.41, 5.74) is 0.510. The average Bonchev–Trinajstić information content (AvgIpc) is 3.19. The maximum absolute atomic E-state index is 11.3. The Kier molecular flexibility index (Phi) is 6.47. The first-order valence-corrected chi connectivity index (χ1v) is 12.3. The molecule has 2 unspecified atom stereocenters. The fourth-order valence-electron chi connectivity index (χ4n) is 5.39. The van der Waals surface area contributed by atoms with Crippen molar-refractivity contribution in [2.75, 3.05) is 39.5 Å². The van der Waals surface area contributed by atoms with Gasteiger partial charge in [0.2, 0.25) is 0 Å². The molecule has 0 spiro atoms. The fraction of sp³-hybridized carbons (Fsp3) is 0.680. The Labute approximate surface area is 193 Å². The van der Waals surface area contributed by atoms with E-state index in [2.05, 4.69) is 10.1 Å². The third kappa shape index (κ3) is 4.68. The summed E-state index contributed by atoms with van der Waals surface area (Å²) in [5.74, 6) is 1.10. The number of carboxylic acids is 1. The first-order valence-electron chi connectivity index (χ1n) is 12.3. The van der Waals surface area contributed by atoms with Crippen molar-refractivity contribution in [3.05, 3.63) is 18.2 Å². The van der Waals surface area contributed by atoms with Crippen molar-refractivity contribution in [1.29, 1.82) is 0 Å². The van der Waals surface area contributed by atoms with Gasteiger partial charge in [0.1, 0.15) is 11.1 Å². The summed E-state index contributed by atoms with van der Waals surface area (Å²) >= 11 is 0. The van der Waals surface area contributed by atoms with Crippen LogP contribution >= 0.6 is 0 Å². The van der Waals surface area contributed by atoms with Crippen molar-refractivity contribution in [2.24, 2.45) is 23.2 Å². The quantitative estimate of drug-likeness (QED) is 0.557. The van der Waals surface area contributed by atoms with Gasteiger partial charge in [0.05, 0.1) is 25.7 Å². The third-order valence-electron chi connectivity index (χ3n) is 8.10. The number of fused-ring (bicyclic) bond motifs is 1. The van der Waals surface area contributed by atoms with Crippen LogP contribution in [0.3, 0.4) is 0 Å². The van der Waals surface area contributed by atoms with Gasteiger partial charge < -0.3 is 29.1 Å². The second-order valence-corrected chi connectivity index (χ2v) is 10.3. The molecule has 2 saturated carbocycles. The van der Waals surface area contributed by atoms with E-state index < -0.39 is 5.97 Å². The summed E-state index contributed by atoms with van der Waals surface area (Å²) in [6, 6.07) is 5.64. The van der Waals surface area contributed by atoms with Crippen molar-refractivity contribution in [1.82, 2.24) is 10.1 Å². The number of aliphatic hydroxyl groups excluding tert-OH is 1. The molecule has 8 nitrogen and oxygen atoms in total. The number of piperidine rings is 1.